The molecule has 1 heterocycles. The highest BCUT2D eigenvalue weighted by atomic mass is 127. The molecular formula is C20H19IN4OS. The number of aromatic nitrogens is 2. The summed E-state index contributed by atoms with van der Waals surface area (Å²) in [6, 6.07) is 15.4. The molecule has 3 N–H and O–H groups in total. The fourth-order valence-corrected chi connectivity index (χ4v) is 3.57. The van der Waals surface area contributed by atoms with Gasteiger partial charge in [0.1, 0.15) is 0 Å². The van der Waals surface area contributed by atoms with E-state index in [9.17, 15) is 4.79 Å². The summed E-state index contributed by atoms with van der Waals surface area (Å²) in [5.74, 6) is -0.222. The van der Waals surface area contributed by atoms with Crippen LogP contribution in [0.2, 0.25) is 0 Å². The van der Waals surface area contributed by atoms with Crippen LogP contribution in [0.15, 0.2) is 48.5 Å². The molecule has 0 unspecified atom stereocenters. The number of carbonyl (C=O) groups is 1. The summed E-state index contributed by atoms with van der Waals surface area (Å²) >= 11 is 7.39. The summed E-state index contributed by atoms with van der Waals surface area (Å²) in [5, 5.41) is 13.3. The number of hydrogen-bond donors (Lipinski definition) is 3. The van der Waals surface area contributed by atoms with Gasteiger partial charge in [0.2, 0.25) is 0 Å². The molecule has 7 heteroatoms. The van der Waals surface area contributed by atoms with Gasteiger partial charge in [0, 0.05) is 26.9 Å². The third kappa shape index (κ3) is 4.92. The highest BCUT2D eigenvalue weighted by molar-refractivity contribution is 14.1. The molecule has 27 heavy (non-hydrogen) atoms. The minimum atomic E-state index is -0.222. The number of anilines is 1. The van der Waals surface area contributed by atoms with Gasteiger partial charge in [-0.25, -0.2) is 0 Å². The van der Waals surface area contributed by atoms with E-state index in [-0.39, 0.29) is 11.0 Å². The van der Waals surface area contributed by atoms with Gasteiger partial charge in [-0.15, -0.1) is 0 Å². The summed E-state index contributed by atoms with van der Waals surface area (Å²) in [4.78, 5) is 12.3. The number of H-pyrrole nitrogens is 1. The van der Waals surface area contributed by atoms with Gasteiger partial charge in [0.05, 0.1) is 11.3 Å². The lowest BCUT2D eigenvalue weighted by atomic mass is 10.0. The predicted molar refractivity (Wildman–Crippen MR) is 120 cm³/mol. The zero-order chi connectivity index (χ0) is 19.4. The van der Waals surface area contributed by atoms with Crippen molar-refractivity contribution in [2.45, 2.75) is 20.3 Å². The summed E-state index contributed by atoms with van der Waals surface area (Å²) in [7, 11) is 0. The van der Waals surface area contributed by atoms with Crippen molar-refractivity contribution in [3.8, 4) is 0 Å². The number of aromatic amines is 1. The van der Waals surface area contributed by atoms with Crippen molar-refractivity contribution >= 4 is 51.5 Å². The van der Waals surface area contributed by atoms with Crippen molar-refractivity contribution in [2.75, 3.05) is 5.32 Å². The van der Waals surface area contributed by atoms with Gasteiger partial charge < -0.3 is 5.32 Å². The third-order valence-corrected chi connectivity index (χ3v) is 5.36. The van der Waals surface area contributed by atoms with Crippen LogP contribution >= 0.6 is 34.8 Å². The van der Waals surface area contributed by atoms with Gasteiger partial charge in [0.15, 0.2) is 5.11 Å². The van der Waals surface area contributed by atoms with E-state index in [0.717, 1.165) is 27.1 Å². The molecule has 1 aromatic heterocycles. The molecule has 0 fully saturated rings. The van der Waals surface area contributed by atoms with Gasteiger partial charge >= 0.3 is 0 Å². The van der Waals surface area contributed by atoms with E-state index < -0.39 is 0 Å². The van der Waals surface area contributed by atoms with Gasteiger partial charge in [-0.05, 0) is 78.5 Å². The van der Waals surface area contributed by atoms with Crippen LogP contribution in [0.4, 0.5) is 5.69 Å². The van der Waals surface area contributed by atoms with Crippen molar-refractivity contribution < 1.29 is 4.79 Å². The molecule has 0 aliphatic carbocycles. The molecule has 0 atom stereocenters. The average Bonchev–Trinajstić information content (AvgIpc) is 2.95. The average molecular weight is 490 g/mol. The number of halogens is 1. The van der Waals surface area contributed by atoms with Crippen molar-refractivity contribution in [1.29, 1.82) is 0 Å². The Bertz CT molecular complexity index is 962. The van der Waals surface area contributed by atoms with Gasteiger partial charge in [0.25, 0.3) is 5.91 Å². The number of carbonyl (C=O) groups excluding carboxylic acids is 1. The SMILES string of the molecule is Cc1n[nH]c(C)c1Cc1ccc(NC(=S)NC(=O)c2ccccc2I)cc1. The molecule has 138 valence electrons. The van der Waals surface area contributed by atoms with Crippen LogP contribution in [-0.2, 0) is 6.42 Å². The Morgan fingerprint density at radius 1 is 1.15 bits per heavy atom. The third-order valence-electron chi connectivity index (χ3n) is 4.22. The van der Waals surface area contributed by atoms with E-state index in [1.807, 2.05) is 56.3 Å². The predicted octanol–water partition coefficient (Wildman–Crippen LogP) is 4.35. The number of nitrogens with zero attached hydrogens (tertiary/aromatic N) is 1. The molecule has 3 aromatic rings. The van der Waals surface area contributed by atoms with Crippen LogP contribution in [0, 0.1) is 17.4 Å². The monoisotopic (exact) mass is 490 g/mol. The Labute approximate surface area is 177 Å². The smallest absolute Gasteiger partial charge is 0.258 e. The van der Waals surface area contributed by atoms with Crippen LogP contribution < -0.4 is 10.6 Å². The number of amides is 1. The quantitative estimate of drug-likeness (QED) is 0.376. The van der Waals surface area contributed by atoms with Gasteiger partial charge in [-0.3, -0.25) is 15.2 Å². The first-order chi connectivity index (χ1) is 12.9. The Hall–Kier alpha value is -2.26. The van der Waals surface area contributed by atoms with Crippen molar-refractivity contribution in [3.05, 3.63) is 80.2 Å². The number of hydrogen-bond acceptors (Lipinski definition) is 3. The summed E-state index contributed by atoms with van der Waals surface area (Å²) in [6.45, 7) is 4.03. The topological polar surface area (TPSA) is 69.8 Å². The lowest BCUT2D eigenvalue weighted by Gasteiger charge is -2.11. The lowest BCUT2D eigenvalue weighted by Crippen LogP contribution is -2.34. The van der Waals surface area contributed by atoms with Crippen LogP contribution in [0.1, 0.15) is 32.9 Å². The van der Waals surface area contributed by atoms with Gasteiger partial charge in [-0.2, -0.15) is 5.10 Å². The molecule has 0 bridgehead atoms. The largest absolute Gasteiger partial charge is 0.332 e. The van der Waals surface area contributed by atoms with Gasteiger partial charge in [-0.1, -0.05) is 24.3 Å². The summed E-state index contributed by atoms with van der Waals surface area (Å²) in [6.07, 6.45) is 0.822. The summed E-state index contributed by atoms with van der Waals surface area (Å²) < 4.78 is 0.879. The molecular weight excluding hydrogens is 471 g/mol. The lowest BCUT2D eigenvalue weighted by molar-refractivity contribution is 0.0977. The second kappa shape index (κ2) is 8.62. The molecule has 3 rings (SSSR count). The Morgan fingerprint density at radius 3 is 2.48 bits per heavy atom. The molecule has 0 saturated carbocycles. The number of rotatable bonds is 4. The van der Waals surface area contributed by atoms with E-state index in [1.54, 1.807) is 6.07 Å². The van der Waals surface area contributed by atoms with Crippen LogP contribution in [0.3, 0.4) is 0 Å². The first-order valence-electron chi connectivity index (χ1n) is 8.40. The fourth-order valence-electron chi connectivity index (χ4n) is 2.72. The normalized spacial score (nSPS) is 10.5. The van der Waals surface area contributed by atoms with Crippen molar-refractivity contribution in [3.63, 3.8) is 0 Å². The second-order valence-corrected chi connectivity index (χ2v) is 7.74. The van der Waals surface area contributed by atoms with E-state index >= 15 is 0 Å². The first kappa shape index (κ1) is 19.5. The molecule has 0 saturated heterocycles. The first-order valence-corrected chi connectivity index (χ1v) is 9.89. The number of nitrogens with one attached hydrogen (secondary N) is 3. The minimum Gasteiger partial charge on any atom is -0.332 e. The molecule has 2 aromatic carbocycles. The van der Waals surface area contributed by atoms with E-state index in [2.05, 4.69) is 43.4 Å². The summed E-state index contributed by atoms with van der Waals surface area (Å²) in [5.41, 5.74) is 5.94. The zero-order valence-corrected chi connectivity index (χ0v) is 17.9. The molecule has 5 nitrogen and oxygen atoms in total. The van der Waals surface area contributed by atoms with Crippen molar-refractivity contribution in [2.24, 2.45) is 0 Å². The fraction of sp³-hybridized carbons (Fsp3) is 0.150. The number of benzene rings is 2. The molecule has 0 spiro atoms. The van der Waals surface area contributed by atoms with Crippen molar-refractivity contribution in [1.82, 2.24) is 15.5 Å². The minimum absolute atomic E-state index is 0.222. The molecule has 1 amide bonds. The maximum Gasteiger partial charge on any atom is 0.258 e. The zero-order valence-electron chi connectivity index (χ0n) is 15.0. The Kier molecular flexibility index (Phi) is 6.22. The van der Waals surface area contributed by atoms with Crippen LogP contribution in [0.25, 0.3) is 0 Å². The van der Waals surface area contributed by atoms with Crippen LogP contribution in [-0.4, -0.2) is 21.2 Å². The number of aryl methyl sites for hydroxylation is 2. The molecule has 0 radical (unpaired) electrons. The van der Waals surface area contributed by atoms with E-state index in [4.69, 9.17) is 12.2 Å². The maximum absolute atomic E-state index is 12.3. The van der Waals surface area contributed by atoms with E-state index in [1.165, 1.54) is 11.1 Å². The standard InChI is InChI=1S/C20H19IN4OS/c1-12-17(13(2)25-24-12)11-14-7-9-15(10-8-14)22-20(27)23-19(26)16-5-3-4-6-18(16)21/h3-10H,11H2,1-2H3,(H,24,25)(H2,22,23,26,27). The highest BCUT2D eigenvalue weighted by Crippen LogP contribution is 2.17. The highest BCUT2D eigenvalue weighted by Gasteiger charge is 2.11. The Morgan fingerprint density at radius 2 is 1.85 bits per heavy atom. The van der Waals surface area contributed by atoms with E-state index in [0.29, 0.717) is 5.56 Å². The second-order valence-electron chi connectivity index (χ2n) is 6.17. The Balaban J connectivity index is 1.60. The number of thiocarbonyl (C=S) groups is 1. The van der Waals surface area contributed by atoms with Crippen LogP contribution in [0.5, 0.6) is 0 Å². The molecule has 0 aliphatic rings. The maximum atomic E-state index is 12.3. The molecule has 0 aliphatic heterocycles.